The zero-order valence-corrected chi connectivity index (χ0v) is 26.9. The molecule has 1 N–H and O–H groups in total. The highest BCUT2D eigenvalue weighted by atomic mass is 32.2. The van der Waals surface area contributed by atoms with E-state index in [0.717, 1.165) is 21.9 Å². The van der Waals surface area contributed by atoms with Gasteiger partial charge in [0.25, 0.3) is 10.0 Å². The van der Waals surface area contributed by atoms with Crippen LogP contribution in [0.2, 0.25) is 0 Å². The standard InChI is InChI=1S/C36H40FN3O4S/c1-5-27-20-22-30(23-21-27)40(45(43,44)31-17-10-7-11-18-31)26-34(41)39(25-29-16-12-13-19-32(29)37)33(35(42)38-36(2,3)4)24-28-14-8-6-9-15-28/h6-23,33H,5,24-26H2,1-4H3,(H,38,42)/t33-/m1/s1. The summed E-state index contributed by atoms with van der Waals surface area (Å²) in [7, 11) is -4.21. The first-order valence-electron chi connectivity index (χ1n) is 14.9. The van der Waals surface area contributed by atoms with Crippen molar-refractivity contribution in [3.63, 3.8) is 0 Å². The van der Waals surface area contributed by atoms with Gasteiger partial charge in [-0.3, -0.25) is 13.9 Å². The molecule has 0 aromatic heterocycles. The van der Waals surface area contributed by atoms with Crippen molar-refractivity contribution < 1.29 is 22.4 Å². The first kappa shape index (κ1) is 33.4. The first-order chi connectivity index (χ1) is 21.4. The summed E-state index contributed by atoms with van der Waals surface area (Å²) in [5.74, 6) is -1.61. The highest BCUT2D eigenvalue weighted by Gasteiger charge is 2.36. The Balaban J connectivity index is 1.82. The molecule has 4 aromatic rings. The number of aryl methyl sites for hydroxylation is 1. The molecule has 45 heavy (non-hydrogen) atoms. The van der Waals surface area contributed by atoms with E-state index in [1.54, 1.807) is 48.5 Å². The van der Waals surface area contributed by atoms with E-state index in [-0.39, 0.29) is 23.4 Å². The summed E-state index contributed by atoms with van der Waals surface area (Å²) in [6.07, 6.45) is 0.894. The van der Waals surface area contributed by atoms with Gasteiger partial charge in [0.2, 0.25) is 11.8 Å². The third-order valence-corrected chi connectivity index (χ3v) is 9.10. The second kappa shape index (κ2) is 14.5. The van der Waals surface area contributed by atoms with Gasteiger partial charge >= 0.3 is 0 Å². The topological polar surface area (TPSA) is 86.8 Å². The Kier molecular flexibility index (Phi) is 10.8. The maximum Gasteiger partial charge on any atom is 0.264 e. The Hall–Kier alpha value is -4.50. The molecule has 7 nitrogen and oxygen atoms in total. The van der Waals surface area contributed by atoms with Gasteiger partial charge in [-0.1, -0.05) is 85.8 Å². The van der Waals surface area contributed by atoms with Crippen molar-refractivity contribution in [1.29, 1.82) is 0 Å². The fourth-order valence-electron chi connectivity index (χ4n) is 4.96. The molecule has 0 spiro atoms. The molecule has 0 unspecified atom stereocenters. The van der Waals surface area contributed by atoms with Gasteiger partial charge in [-0.25, -0.2) is 12.8 Å². The van der Waals surface area contributed by atoms with Crippen LogP contribution in [-0.4, -0.2) is 43.3 Å². The number of sulfonamides is 1. The number of carbonyl (C=O) groups excluding carboxylic acids is 2. The normalized spacial score (nSPS) is 12.3. The van der Waals surface area contributed by atoms with E-state index in [2.05, 4.69) is 5.32 Å². The van der Waals surface area contributed by atoms with E-state index in [1.807, 2.05) is 70.2 Å². The first-order valence-corrected chi connectivity index (χ1v) is 16.4. The third-order valence-electron chi connectivity index (χ3n) is 7.31. The van der Waals surface area contributed by atoms with Crippen LogP contribution < -0.4 is 9.62 Å². The van der Waals surface area contributed by atoms with Gasteiger partial charge in [-0.15, -0.1) is 0 Å². The predicted octanol–water partition coefficient (Wildman–Crippen LogP) is 6.14. The second-order valence-electron chi connectivity index (χ2n) is 11.9. The van der Waals surface area contributed by atoms with Crippen molar-refractivity contribution in [3.8, 4) is 0 Å². The molecule has 0 aliphatic carbocycles. The number of carbonyl (C=O) groups is 2. The summed E-state index contributed by atoms with van der Waals surface area (Å²) in [4.78, 5) is 29.7. The molecule has 0 aliphatic rings. The highest BCUT2D eigenvalue weighted by Crippen LogP contribution is 2.26. The van der Waals surface area contributed by atoms with Crippen LogP contribution in [-0.2, 0) is 39.0 Å². The van der Waals surface area contributed by atoms with Crippen LogP contribution in [0.4, 0.5) is 10.1 Å². The van der Waals surface area contributed by atoms with Crippen molar-refractivity contribution in [2.45, 2.75) is 63.6 Å². The molecule has 0 fully saturated rings. The summed E-state index contributed by atoms with van der Waals surface area (Å²) in [5.41, 5.74) is 1.68. The maximum absolute atomic E-state index is 15.0. The Morgan fingerprint density at radius 1 is 0.800 bits per heavy atom. The number of hydrogen-bond donors (Lipinski definition) is 1. The molecule has 0 bridgehead atoms. The lowest BCUT2D eigenvalue weighted by Crippen LogP contribution is -2.56. The van der Waals surface area contributed by atoms with Gasteiger partial charge < -0.3 is 10.2 Å². The van der Waals surface area contributed by atoms with E-state index in [9.17, 15) is 18.0 Å². The van der Waals surface area contributed by atoms with Crippen molar-refractivity contribution in [3.05, 3.63) is 132 Å². The number of nitrogens with zero attached hydrogens (tertiary/aromatic N) is 2. The molecular weight excluding hydrogens is 589 g/mol. The van der Waals surface area contributed by atoms with Crippen LogP contribution in [0.5, 0.6) is 0 Å². The summed E-state index contributed by atoms with van der Waals surface area (Å²) in [6, 6.07) is 29.1. The molecule has 1 atom stereocenters. The molecule has 0 heterocycles. The van der Waals surface area contributed by atoms with E-state index in [0.29, 0.717) is 5.69 Å². The number of hydrogen-bond acceptors (Lipinski definition) is 4. The molecule has 2 amide bonds. The Morgan fingerprint density at radius 2 is 1.38 bits per heavy atom. The van der Waals surface area contributed by atoms with Gasteiger partial charge in [-0.05, 0) is 68.7 Å². The maximum atomic E-state index is 15.0. The van der Waals surface area contributed by atoms with Gasteiger partial charge in [-0.2, -0.15) is 0 Å². The van der Waals surface area contributed by atoms with E-state index >= 15 is 4.39 Å². The third kappa shape index (κ3) is 8.79. The number of anilines is 1. The number of halogens is 1. The van der Waals surface area contributed by atoms with Crippen LogP contribution in [0.25, 0.3) is 0 Å². The minimum atomic E-state index is -4.21. The van der Waals surface area contributed by atoms with Gasteiger partial charge in [0.15, 0.2) is 0 Å². The molecule has 4 aromatic carbocycles. The molecule has 9 heteroatoms. The molecule has 0 radical (unpaired) electrons. The van der Waals surface area contributed by atoms with Gasteiger partial charge in [0.05, 0.1) is 10.6 Å². The lowest BCUT2D eigenvalue weighted by atomic mass is 10.0. The zero-order valence-electron chi connectivity index (χ0n) is 26.1. The van der Waals surface area contributed by atoms with Crippen LogP contribution >= 0.6 is 0 Å². The molecule has 236 valence electrons. The van der Waals surface area contributed by atoms with Gasteiger partial charge in [0, 0.05) is 24.1 Å². The molecule has 4 rings (SSSR count). The zero-order chi connectivity index (χ0) is 32.6. The van der Waals surface area contributed by atoms with Crippen LogP contribution in [0, 0.1) is 5.82 Å². The van der Waals surface area contributed by atoms with Crippen LogP contribution in [0.1, 0.15) is 44.4 Å². The van der Waals surface area contributed by atoms with Gasteiger partial charge in [0.1, 0.15) is 18.4 Å². The van der Waals surface area contributed by atoms with Crippen molar-refractivity contribution in [2.75, 3.05) is 10.8 Å². The summed E-state index contributed by atoms with van der Waals surface area (Å²) in [5, 5.41) is 2.97. The van der Waals surface area contributed by atoms with E-state index < -0.39 is 45.8 Å². The van der Waals surface area contributed by atoms with Crippen LogP contribution in [0.3, 0.4) is 0 Å². The second-order valence-corrected chi connectivity index (χ2v) is 13.8. The highest BCUT2D eigenvalue weighted by molar-refractivity contribution is 7.92. The number of nitrogens with one attached hydrogen (secondary N) is 1. The van der Waals surface area contributed by atoms with Crippen molar-refractivity contribution >= 4 is 27.5 Å². The lowest BCUT2D eigenvalue weighted by molar-refractivity contribution is -0.140. The number of rotatable bonds is 12. The van der Waals surface area contributed by atoms with E-state index in [1.165, 1.54) is 23.1 Å². The summed E-state index contributed by atoms with van der Waals surface area (Å²) >= 11 is 0. The molecular formula is C36H40FN3O4S. The number of benzene rings is 4. The summed E-state index contributed by atoms with van der Waals surface area (Å²) < 4.78 is 44.2. The van der Waals surface area contributed by atoms with Crippen molar-refractivity contribution in [2.24, 2.45) is 0 Å². The van der Waals surface area contributed by atoms with Crippen molar-refractivity contribution in [1.82, 2.24) is 10.2 Å². The Bertz CT molecular complexity index is 1690. The fraction of sp³-hybridized carbons (Fsp3) is 0.278. The Morgan fingerprint density at radius 3 is 1.96 bits per heavy atom. The molecule has 0 saturated heterocycles. The average molecular weight is 630 g/mol. The lowest BCUT2D eigenvalue weighted by Gasteiger charge is -2.35. The minimum Gasteiger partial charge on any atom is -0.350 e. The van der Waals surface area contributed by atoms with E-state index in [4.69, 9.17) is 0 Å². The minimum absolute atomic E-state index is 0.0179. The molecule has 0 saturated carbocycles. The van der Waals surface area contributed by atoms with Crippen LogP contribution in [0.15, 0.2) is 114 Å². The Labute approximate surface area is 265 Å². The quantitative estimate of drug-likeness (QED) is 0.204. The largest absolute Gasteiger partial charge is 0.350 e. The predicted molar refractivity (Wildman–Crippen MR) is 176 cm³/mol. The SMILES string of the molecule is CCc1ccc(N(CC(=O)N(Cc2ccccc2F)[C@H](Cc2ccccc2)C(=O)NC(C)(C)C)S(=O)(=O)c2ccccc2)cc1. The number of amides is 2. The smallest absolute Gasteiger partial charge is 0.264 e. The average Bonchev–Trinajstić information content (AvgIpc) is 3.02. The molecule has 0 aliphatic heterocycles. The fourth-order valence-corrected chi connectivity index (χ4v) is 6.40. The monoisotopic (exact) mass is 629 g/mol. The summed E-state index contributed by atoms with van der Waals surface area (Å²) in [6.45, 7) is 6.65.